The van der Waals surface area contributed by atoms with Crippen LogP contribution in [0.2, 0.25) is 0 Å². The first-order valence-electron chi connectivity index (χ1n) is 12.0. The van der Waals surface area contributed by atoms with Crippen LogP contribution in [0.5, 0.6) is 5.75 Å². The van der Waals surface area contributed by atoms with E-state index in [1.807, 2.05) is 0 Å². The number of hydrogen-bond acceptors (Lipinski definition) is 2. The maximum absolute atomic E-state index is 14.9. The standard InChI is InChI=1S/C27H36F2O3/c1-3-5-7-9-10-12-18-32-24-17-16-21(25(28)26(24)29)23-19-20(13-11-8-6-4-2)14-15-22(23)27(30)31/h14-17,19H,3-13,18H2,1-2H3,(H,30,31). The number of carboxylic acid groups (broad SMARTS) is 1. The molecule has 0 saturated heterocycles. The first kappa shape index (κ1) is 25.8. The van der Waals surface area contributed by atoms with E-state index < -0.39 is 17.6 Å². The van der Waals surface area contributed by atoms with Crippen LogP contribution in [0.25, 0.3) is 11.1 Å². The summed E-state index contributed by atoms with van der Waals surface area (Å²) in [6.45, 7) is 4.63. The summed E-state index contributed by atoms with van der Waals surface area (Å²) < 4.78 is 35.1. The molecular formula is C27H36F2O3. The average Bonchev–Trinajstić information content (AvgIpc) is 2.78. The molecule has 5 heteroatoms. The van der Waals surface area contributed by atoms with Gasteiger partial charge in [-0.15, -0.1) is 0 Å². The van der Waals surface area contributed by atoms with Gasteiger partial charge in [-0.05, 0) is 48.6 Å². The number of benzene rings is 2. The number of unbranched alkanes of at least 4 members (excludes halogenated alkanes) is 8. The summed E-state index contributed by atoms with van der Waals surface area (Å²) in [7, 11) is 0. The number of aromatic carboxylic acids is 1. The van der Waals surface area contributed by atoms with Crippen molar-refractivity contribution in [2.75, 3.05) is 6.61 Å². The molecule has 0 aliphatic heterocycles. The molecule has 2 aromatic carbocycles. The lowest BCUT2D eigenvalue weighted by Gasteiger charge is -2.13. The first-order valence-corrected chi connectivity index (χ1v) is 12.0. The summed E-state index contributed by atoms with van der Waals surface area (Å²) in [5, 5.41) is 9.56. The monoisotopic (exact) mass is 446 g/mol. The highest BCUT2D eigenvalue weighted by molar-refractivity contribution is 5.96. The van der Waals surface area contributed by atoms with Gasteiger partial charge in [0.1, 0.15) is 0 Å². The molecule has 0 amide bonds. The summed E-state index contributed by atoms with van der Waals surface area (Å²) in [4.78, 5) is 11.7. The average molecular weight is 447 g/mol. The number of aryl methyl sites for hydroxylation is 1. The van der Waals surface area contributed by atoms with Crippen molar-refractivity contribution in [1.82, 2.24) is 0 Å². The number of carboxylic acids is 1. The summed E-state index contributed by atoms with van der Waals surface area (Å²) in [6.07, 6.45) is 11.6. The van der Waals surface area contributed by atoms with Crippen molar-refractivity contribution >= 4 is 5.97 Å². The van der Waals surface area contributed by atoms with Crippen LogP contribution in [0.1, 0.15) is 94.0 Å². The zero-order chi connectivity index (χ0) is 23.3. The van der Waals surface area contributed by atoms with Gasteiger partial charge in [0.15, 0.2) is 11.6 Å². The Morgan fingerprint density at radius 3 is 2.16 bits per heavy atom. The Balaban J connectivity index is 2.14. The van der Waals surface area contributed by atoms with E-state index >= 15 is 0 Å². The van der Waals surface area contributed by atoms with Crippen LogP contribution in [0.4, 0.5) is 8.78 Å². The Hall–Kier alpha value is -2.43. The molecule has 0 saturated carbocycles. The smallest absolute Gasteiger partial charge is 0.336 e. The third-order valence-electron chi connectivity index (χ3n) is 5.73. The second-order valence-electron chi connectivity index (χ2n) is 8.35. The number of rotatable bonds is 15. The van der Waals surface area contributed by atoms with Crippen LogP contribution < -0.4 is 4.74 Å². The van der Waals surface area contributed by atoms with Crippen LogP contribution in [0.3, 0.4) is 0 Å². The van der Waals surface area contributed by atoms with Crippen LogP contribution >= 0.6 is 0 Å². The van der Waals surface area contributed by atoms with E-state index in [0.717, 1.165) is 56.9 Å². The van der Waals surface area contributed by atoms with E-state index in [1.165, 1.54) is 37.5 Å². The van der Waals surface area contributed by atoms with Crippen LogP contribution in [-0.4, -0.2) is 17.7 Å². The Bertz CT molecular complexity index is 864. The van der Waals surface area contributed by atoms with Gasteiger partial charge >= 0.3 is 5.97 Å². The molecule has 176 valence electrons. The van der Waals surface area contributed by atoms with Gasteiger partial charge < -0.3 is 9.84 Å². The van der Waals surface area contributed by atoms with Gasteiger partial charge in [-0.3, -0.25) is 0 Å². The van der Waals surface area contributed by atoms with Crippen LogP contribution in [-0.2, 0) is 6.42 Å². The van der Waals surface area contributed by atoms with E-state index in [0.29, 0.717) is 6.61 Å². The Morgan fingerprint density at radius 1 is 0.812 bits per heavy atom. The molecule has 0 atom stereocenters. The second kappa shape index (κ2) is 13.9. The largest absolute Gasteiger partial charge is 0.490 e. The minimum atomic E-state index is -1.17. The van der Waals surface area contributed by atoms with Crippen LogP contribution in [0.15, 0.2) is 30.3 Å². The predicted octanol–water partition coefficient (Wildman–Crippen LogP) is 8.19. The van der Waals surface area contributed by atoms with Crippen molar-refractivity contribution in [2.24, 2.45) is 0 Å². The van der Waals surface area contributed by atoms with E-state index in [2.05, 4.69) is 13.8 Å². The molecule has 0 unspecified atom stereocenters. The molecule has 3 nitrogen and oxygen atoms in total. The van der Waals surface area contributed by atoms with Gasteiger partial charge in [0.25, 0.3) is 0 Å². The quantitative estimate of drug-likeness (QED) is 0.281. The van der Waals surface area contributed by atoms with Gasteiger partial charge in [-0.2, -0.15) is 4.39 Å². The highest BCUT2D eigenvalue weighted by Gasteiger charge is 2.20. The Labute approximate surface area is 190 Å². The molecular weight excluding hydrogens is 410 g/mol. The molecule has 0 radical (unpaired) electrons. The van der Waals surface area contributed by atoms with Crippen molar-refractivity contribution in [3.05, 3.63) is 53.1 Å². The maximum Gasteiger partial charge on any atom is 0.336 e. The summed E-state index contributed by atoms with van der Waals surface area (Å²) in [6, 6.07) is 7.71. The van der Waals surface area contributed by atoms with Crippen molar-refractivity contribution in [3.8, 4) is 16.9 Å². The molecule has 0 fully saturated rings. The summed E-state index contributed by atoms with van der Waals surface area (Å²) in [5.74, 6) is -3.44. The molecule has 0 bridgehead atoms. The van der Waals surface area contributed by atoms with Gasteiger partial charge in [-0.25, -0.2) is 9.18 Å². The van der Waals surface area contributed by atoms with E-state index in [9.17, 15) is 18.7 Å². The minimum Gasteiger partial charge on any atom is -0.490 e. The zero-order valence-electron chi connectivity index (χ0n) is 19.4. The van der Waals surface area contributed by atoms with Gasteiger partial charge in [0.2, 0.25) is 5.82 Å². The molecule has 32 heavy (non-hydrogen) atoms. The molecule has 2 aromatic rings. The van der Waals surface area contributed by atoms with E-state index in [4.69, 9.17) is 4.74 Å². The van der Waals surface area contributed by atoms with Gasteiger partial charge in [0, 0.05) is 5.56 Å². The lowest BCUT2D eigenvalue weighted by Crippen LogP contribution is -2.05. The number of ether oxygens (including phenoxy) is 1. The fraction of sp³-hybridized carbons (Fsp3) is 0.519. The third kappa shape index (κ3) is 7.61. The molecule has 0 heterocycles. The third-order valence-corrected chi connectivity index (χ3v) is 5.73. The number of carbonyl (C=O) groups is 1. The van der Waals surface area contributed by atoms with E-state index in [-0.39, 0.29) is 22.4 Å². The maximum atomic E-state index is 14.9. The Morgan fingerprint density at radius 2 is 1.47 bits per heavy atom. The normalized spacial score (nSPS) is 11.0. The van der Waals surface area contributed by atoms with Crippen molar-refractivity contribution in [1.29, 1.82) is 0 Å². The lowest BCUT2D eigenvalue weighted by molar-refractivity contribution is 0.0697. The molecule has 1 N–H and O–H groups in total. The van der Waals surface area contributed by atoms with E-state index in [1.54, 1.807) is 12.1 Å². The summed E-state index contributed by atoms with van der Waals surface area (Å²) >= 11 is 0. The SMILES string of the molecule is CCCCCCCCOc1ccc(-c2cc(CCCCCC)ccc2C(=O)O)c(F)c1F. The Kier molecular flexibility index (Phi) is 11.2. The van der Waals surface area contributed by atoms with Crippen molar-refractivity contribution < 1.29 is 23.4 Å². The molecule has 2 rings (SSSR count). The molecule has 0 aliphatic carbocycles. The van der Waals surface area contributed by atoms with Crippen molar-refractivity contribution in [2.45, 2.75) is 84.5 Å². The highest BCUT2D eigenvalue weighted by atomic mass is 19.2. The minimum absolute atomic E-state index is 0.0404. The molecule has 0 aromatic heterocycles. The topological polar surface area (TPSA) is 46.5 Å². The highest BCUT2D eigenvalue weighted by Crippen LogP contribution is 2.33. The fourth-order valence-electron chi connectivity index (χ4n) is 3.83. The van der Waals surface area contributed by atoms with Crippen molar-refractivity contribution in [3.63, 3.8) is 0 Å². The van der Waals surface area contributed by atoms with Gasteiger partial charge in [0.05, 0.1) is 12.2 Å². The van der Waals surface area contributed by atoms with Crippen LogP contribution in [0, 0.1) is 11.6 Å². The molecule has 0 spiro atoms. The lowest BCUT2D eigenvalue weighted by atomic mass is 9.94. The fourth-order valence-corrected chi connectivity index (χ4v) is 3.83. The zero-order valence-corrected chi connectivity index (χ0v) is 19.4. The predicted molar refractivity (Wildman–Crippen MR) is 125 cm³/mol. The number of halogens is 2. The number of hydrogen-bond donors (Lipinski definition) is 1. The molecule has 0 aliphatic rings. The first-order chi connectivity index (χ1) is 15.5. The summed E-state index contributed by atoms with van der Waals surface area (Å²) in [5.41, 5.74) is 1.03. The van der Waals surface area contributed by atoms with Gasteiger partial charge in [-0.1, -0.05) is 77.3 Å². The second-order valence-corrected chi connectivity index (χ2v) is 8.35.